The highest BCUT2D eigenvalue weighted by molar-refractivity contribution is 5.67. The topological polar surface area (TPSA) is 61.3 Å². The van der Waals surface area contributed by atoms with E-state index in [1.54, 1.807) is 0 Å². The molecule has 20 heteroatoms. The third-order valence-electron chi connectivity index (χ3n) is 4.36. The van der Waals surface area contributed by atoms with Gasteiger partial charge in [-0.1, -0.05) is 0 Å². The molecule has 4 N–H and O–H groups in total. The van der Waals surface area contributed by atoms with Crippen molar-refractivity contribution in [3.63, 3.8) is 0 Å². The number of hydrogen-bond donors (Lipinski definition) is 2. The van der Waals surface area contributed by atoms with Gasteiger partial charge in [-0.25, -0.2) is 0 Å². The maximum atomic E-state index is 13.7. The molecule has 0 spiro atoms. The molecule has 0 aliphatic rings. The summed E-state index contributed by atoms with van der Waals surface area (Å²) in [5, 5.41) is 0. The predicted octanol–water partition coefficient (Wildman–Crippen LogP) is 7.02. The Hall–Kier alpha value is -2.83. The molecule has 0 aliphatic heterocycles. The average molecular weight is 568 g/mol. The molecule has 36 heavy (non-hydrogen) atoms. The van der Waals surface area contributed by atoms with Crippen LogP contribution in [0.25, 0.3) is 0 Å². The first kappa shape index (κ1) is 31.2. The minimum absolute atomic E-state index is 0.292. The first-order chi connectivity index (χ1) is 15.6. The Kier molecular flexibility index (Phi) is 7.48. The molecule has 0 unspecified atom stereocenters. The monoisotopic (exact) mass is 568 g/mol. The molecule has 1 rings (SSSR count). The molecule has 0 aromatic heterocycles. The maximum Gasteiger partial charge on any atom is 0.460 e. The van der Waals surface area contributed by atoms with Gasteiger partial charge in [0.05, 0.1) is 11.4 Å². The van der Waals surface area contributed by atoms with Crippen molar-refractivity contribution in [2.45, 2.75) is 48.6 Å². The van der Waals surface area contributed by atoms with Gasteiger partial charge in [-0.2, -0.15) is 74.6 Å². The summed E-state index contributed by atoms with van der Waals surface area (Å²) >= 11 is 0. The Balaban J connectivity index is 3.64. The quantitative estimate of drug-likeness (QED) is 0.201. The number of rotatable bonds is 8. The van der Waals surface area contributed by atoms with Crippen molar-refractivity contribution in [3.05, 3.63) is 29.5 Å². The van der Waals surface area contributed by atoms with E-state index in [1.165, 1.54) is 0 Å². The van der Waals surface area contributed by atoms with Crippen molar-refractivity contribution in [1.29, 1.82) is 0 Å². The number of hydrogen-bond acceptors (Lipinski definition) is 3. The molecule has 1 aromatic carbocycles. The van der Waals surface area contributed by atoms with Crippen molar-refractivity contribution in [1.82, 2.24) is 0 Å². The Labute approximate surface area is 187 Å². The largest absolute Gasteiger partial charge is 0.460 e. The predicted molar refractivity (Wildman–Crippen MR) is 85.6 cm³/mol. The van der Waals surface area contributed by atoms with Crippen LogP contribution in [0.4, 0.5) is 86.0 Å². The van der Waals surface area contributed by atoms with Gasteiger partial charge in [0.25, 0.3) is 0 Å². The number of ether oxygens (including phenoxy) is 1. The summed E-state index contributed by atoms with van der Waals surface area (Å²) in [6.45, 7) is 0.917. The summed E-state index contributed by atoms with van der Waals surface area (Å²) in [4.78, 5) is 0. The van der Waals surface area contributed by atoms with Crippen molar-refractivity contribution in [2.24, 2.45) is 0 Å². The van der Waals surface area contributed by atoms with E-state index in [9.17, 15) is 74.6 Å². The number of halogens is 17. The third-order valence-corrected chi connectivity index (χ3v) is 4.36. The van der Waals surface area contributed by atoms with Gasteiger partial charge >= 0.3 is 47.7 Å². The number of alkyl halides is 15. The molecule has 1 aromatic rings. The van der Waals surface area contributed by atoms with Crippen LogP contribution in [-0.2, 0) is 0 Å². The molecular formula is C16H9F17N2O. The van der Waals surface area contributed by atoms with Crippen molar-refractivity contribution < 1.29 is 79.4 Å². The zero-order chi connectivity index (χ0) is 29.1. The van der Waals surface area contributed by atoms with E-state index >= 15 is 0 Å². The van der Waals surface area contributed by atoms with E-state index in [1.807, 2.05) is 0 Å². The fourth-order valence-electron chi connectivity index (χ4n) is 2.21. The Morgan fingerprint density at radius 2 is 0.972 bits per heavy atom. The summed E-state index contributed by atoms with van der Waals surface area (Å²) in [6, 6.07) is -2.34. The first-order valence-electron chi connectivity index (χ1n) is 8.35. The summed E-state index contributed by atoms with van der Waals surface area (Å²) in [5.41, 5.74) is 9.23. The van der Waals surface area contributed by atoms with E-state index in [2.05, 4.69) is 4.74 Å². The van der Waals surface area contributed by atoms with Crippen LogP contribution in [0.15, 0.2) is 24.0 Å². The van der Waals surface area contributed by atoms with Crippen LogP contribution in [0.5, 0.6) is 5.75 Å². The molecule has 0 heterocycles. The van der Waals surface area contributed by atoms with E-state index in [0.717, 1.165) is 13.0 Å². The van der Waals surface area contributed by atoms with Gasteiger partial charge in [0, 0.05) is 6.07 Å². The van der Waals surface area contributed by atoms with Gasteiger partial charge in [-0.15, -0.1) is 0 Å². The number of allylic oxidation sites excluding steroid dienone is 1. The van der Waals surface area contributed by atoms with Crippen molar-refractivity contribution in [2.75, 3.05) is 11.5 Å². The van der Waals surface area contributed by atoms with Crippen molar-refractivity contribution >= 4 is 11.4 Å². The number of nitrogen functional groups attached to an aromatic ring is 2. The van der Waals surface area contributed by atoms with Crippen LogP contribution < -0.4 is 16.2 Å². The van der Waals surface area contributed by atoms with Crippen LogP contribution >= 0.6 is 0 Å². The summed E-state index contributed by atoms with van der Waals surface area (Å²) < 4.78 is 228. The van der Waals surface area contributed by atoms with Gasteiger partial charge in [0.1, 0.15) is 5.75 Å². The molecule has 208 valence electrons. The molecular weight excluding hydrogens is 559 g/mol. The first-order valence-corrected chi connectivity index (χ1v) is 8.35. The Bertz CT molecular complexity index is 1030. The normalized spacial score (nSPS) is 15.6. The standard InChI is InChI=1S/C16H9F17N2O/c1-4-2-5(34)6(35)3-7(4)36-9(18)8(17)10(19,20)11(21,22)12(23,24)13(25,26)14(27,28)15(29,30)16(31,32)33/h2-3H,34-35H2,1H3. The Morgan fingerprint density at radius 1 is 0.611 bits per heavy atom. The molecule has 0 amide bonds. The molecule has 0 fully saturated rings. The minimum Gasteiger partial charge on any atom is -0.429 e. The second-order valence-corrected chi connectivity index (χ2v) is 6.88. The molecule has 0 aliphatic carbocycles. The Morgan fingerprint density at radius 3 is 1.39 bits per heavy atom. The van der Waals surface area contributed by atoms with Crippen LogP contribution in [0.2, 0.25) is 0 Å². The van der Waals surface area contributed by atoms with Gasteiger partial charge in [0.2, 0.25) is 5.83 Å². The van der Waals surface area contributed by atoms with Gasteiger partial charge in [-0.3, -0.25) is 0 Å². The smallest absolute Gasteiger partial charge is 0.429 e. The van der Waals surface area contributed by atoms with Gasteiger partial charge in [-0.05, 0) is 18.6 Å². The van der Waals surface area contributed by atoms with E-state index in [0.29, 0.717) is 6.07 Å². The van der Waals surface area contributed by atoms with Crippen LogP contribution in [-0.4, -0.2) is 41.7 Å². The van der Waals surface area contributed by atoms with E-state index in [4.69, 9.17) is 11.5 Å². The zero-order valence-corrected chi connectivity index (χ0v) is 16.6. The van der Waals surface area contributed by atoms with Crippen LogP contribution in [0.1, 0.15) is 5.56 Å². The molecule has 0 saturated carbocycles. The highest BCUT2D eigenvalue weighted by Gasteiger charge is 2.93. The highest BCUT2D eigenvalue weighted by atomic mass is 19.4. The fourth-order valence-corrected chi connectivity index (χ4v) is 2.21. The van der Waals surface area contributed by atoms with E-state index < -0.39 is 70.6 Å². The summed E-state index contributed by atoms with van der Waals surface area (Å²) in [5.74, 6) is -55.4. The second kappa shape index (κ2) is 8.63. The van der Waals surface area contributed by atoms with E-state index in [-0.39, 0.29) is 5.69 Å². The van der Waals surface area contributed by atoms with Crippen LogP contribution in [0.3, 0.4) is 0 Å². The minimum atomic E-state index is -8.65. The SMILES string of the molecule is Cc1cc(N)c(N)cc1OC(F)=C(F)C(F)(F)C(F)(F)C(F)(F)C(F)(F)C(F)(F)C(F)(F)C(F)(F)F. The molecule has 3 nitrogen and oxygen atoms in total. The third kappa shape index (κ3) is 4.31. The van der Waals surface area contributed by atoms with Crippen molar-refractivity contribution in [3.8, 4) is 5.75 Å². The fraction of sp³-hybridized carbons (Fsp3) is 0.500. The molecule has 0 radical (unpaired) electrons. The number of anilines is 2. The highest BCUT2D eigenvalue weighted by Crippen LogP contribution is 2.63. The lowest BCUT2D eigenvalue weighted by Gasteiger charge is -2.41. The summed E-state index contributed by atoms with van der Waals surface area (Å²) in [6.07, 6.45) is -7.79. The lowest BCUT2D eigenvalue weighted by Crippen LogP contribution is -2.72. The number of aryl methyl sites for hydroxylation is 1. The maximum absolute atomic E-state index is 13.7. The lowest BCUT2D eigenvalue weighted by molar-refractivity contribution is -0.451. The van der Waals surface area contributed by atoms with Crippen LogP contribution in [0, 0.1) is 6.92 Å². The second-order valence-electron chi connectivity index (χ2n) is 6.88. The summed E-state index contributed by atoms with van der Waals surface area (Å²) in [7, 11) is 0. The number of nitrogens with two attached hydrogens (primary N) is 2. The molecule has 0 saturated heterocycles. The zero-order valence-electron chi connectivity index (χ0n) is 16.6. The molecule has 0 atom stereocenters. The van der Waals surface area contributed by atoms with Gasteiger partial charge < -0.3 is 16.2 Å². The lowest BCUT2D eigenvalue weighted by atomic mass is 9.91. The van der Waals surface area contributed by atoms with Gasteiger partial charge in [0.15, 0.2) is 0 Å². The number of benzene rings is 1. The molecule has 0 bridgehead atoms. The average Bonchev–Trinajstić information content (AvgIpc) is 2.69.